The second kappa shape index (κ2) is 7.41. The summed E-state index contributed by atoms with van der Waals surface area (Å²) in [6.45, 7) is 0. The summed E-state index contributed by atoms with van der Waals surface area (Å²) in [4.78, 5) is 5.34. The molecule has 4 nitrogen and oxygen atoms in total. The number of thiophene rings is 1. The first kappa shape index (κ1) is 15.7. The van der Waals surface area contributed by atoms with Crippen molar-refractivity contribution >= 4 is 39.0 Å². The molecule has 22 heavy (non-hydrogen) atoms. The first-order chi connectivity index (χ1) is 10.7. The van der Waals surface area contributed by atoms with Crippen LogP contribution in [0.5, 0.6) is 0 Å². The van der Waals surface area contributed by atoms with Gasteiger partial charge in [-0.3, -0.25) is 0 Å². The number of nitrogens with zero attached hydrogens (tertiary/aromatic N) is 2. The minimum atomic E-state index is -0.484. The average Bonchev–Trinajstić information content (AvgIpc) is 3.17. The average molecular weight is 397 g/mol. The summed E-state index contributed by atoms with van der Waals surface area (Å²) in [6, 6.07) is 11.6. The van der Waals surface area contributed by atoms with Crippen LogP contribution in [-0.4, -0.2) is 21.0 Å². The Kier molecular flexibility index (Phi) is 5.30. The van der Waals surface area contributed by atoms with E-state index >= 15 is 0 Å². The summed E-state index contributed by atoms with van der Waals surface area (Å²) in [5, 5.41) is 16.1. The first-order valence-corrected chi connectivity index (χ1v) is 9.43. The minimum absolute atomic E-state index is 0.484. The van der Waals surface area contributed by atoms with Gasteiger partial charge in [0.15, 0.2) is 0 Å². The fourth-order valence-corrected chi connectivity index (χ4v) is 4.05. The van der Waals surface area contributed by atoms with E-state index in [1.54, 1.807) is 23.1 Å². The number of thioether (sulfide) groups is 1. The summed E-state index contributed by atoms with van der Waals surface area (Å²) < 4.78 is 6.26. The number of rotatable bonds is 6. The third-order valence-electron chi connectivity index (χ3n) is 2.94. The quantitative estimate of drug-likeness (QED) is 0.663. The van der Waals surface area contributed by atoms with E-state index in [-0.39, 0.29) is 0 Å². The van der Waals surface area contributed by atoms with Crippen molar-refractivity contribution < 1.29 is 9.63 Å². The maximum atomic E-state index is 10.1. The van der Waals surface area contributed by atoms with Gasteiger partial charge in [-0.1, -0.05) is 35.5 Å². The van der Waals surface area contributed by atoms with E-state index in [4.69, 9.17) is 4.52 Å². The van der Waals surface area contributed by atoms with Gasteiger partial charge < -0.3 is 9.63 Å². The lowest BCUT2D eigenvalue weighted by Gasteiger charge is -2.09. The third-order valence-corrected chi connectivity index (χ3v) is 5.63. The van der Waals surface area contributed by atoms with Gasteiger partial charge in [0.2, 0.25) is 11.7 Å². The molecule has 1 unspecified atom stereocenters. The lowest BCUT2D eigenvalue weighted by molar-refractivity contribution is 0.204. The van der Waals surface area contributed by atoms with Crippen LogP contribution in [0.2, 0.25) is 0 Å². The van der Waals surface area contributed by atoms with Crippen molar-refractivity contribution in [2.45, 2.75) is 11.9 Å². The number of halogens is 1. The molecule has 3 rings (SSSR count). The van der Waals surface area contributed by atoms with Gasteiger partial charge in [-0.15, -0.1) is 23.1 Å². The maximum Gasteiger partial charge on any atom is 0.236 e. The molecule has 0 spiro atoms. The molecule has 0 radical (unpaired) electrons. The van der Waals surface area contributed by atoms with Gasteiger partial charge in [0.05, 0.1) is 16.7 Å². The van der Waals surface area contributed by atoms with Crippen LogP contribution in [0.15, 0.2) is 50.8 Å². The molecule has 0 aliphatic rings. The lowest BCUT2D eigenvalue weighted by atomic mass is 10.1. The Bertz CT molecular complexity index is 730. The van der Waals surface area contributed by atoms with Gasteiger partial charge in [-0.05, 0) is 27.6 Å². The normalized spacial score (nSPS) is 12.5. The van der Waals surface area contributed by atoms with Gasteiger partial charge in [0.1, 0.15) is 0 Å². The Hall–Kier alpha value is -1.15. The van der Waals surface area contributed by atoms with Crippen LogP contribution in [0, 0.1) is 0 Å². The van der Waals surface area contributed by atoms with Gasteiger partial charge in [0, 0.05) is 15.6 Å². The molecule has 7 heteroatoms. The van der Waals surface area contributed by atoms with E-state index in [1.165, 1.54) is 0 Å². The molecule has 0 bridgehead atoms. The van der Waals surface area contributed by atoms with Crippen LogP contribution in [0.4, 0.5) is 0 Å². The molecule has 1 N–H and O–H groups in total. The largest absolute Gasteiger partial charge is 0.388 e. The number of hydrogen-bond donors (Lipinski definition) is 1. The fourth-order valence-electron chi connectivity index (χ4n) is 1.87. The number of aliphatic hydroxyl groups is 1. The molecule has 2 aromatic heterocycles. The molecule has 0 aliphatic carbocycles. The number of aliphatic hydroxyl groups excluding tert-OH is 1. The van der Waals surface area contributed by atoms with Crippen LogP contribution in [0.1, 0.15) is 17.6 Å². The molecular formula is C15H13BrN2O2S2. The van der Waals surface area contributed by atoms with Crippen molar-refractivity contribution in [2.24, 2.45) is 0 Å². The molecule has 1 aromatic carbocycles. The molecule has 2 heterocycles. The van der Waals surface area contributed by atoms with Crippen molar-refractivity contribution in [1.29, 1.82) is 0 Å². The summed E-state index contributed by atoms with van der Waals surface area (Å²) in [7, 11) is 0. The van der Waals surface area contributed by atoms with E-state index in [9.17, 15) is 5.11 Å². The van der Waals surface area contributed by atoms with Crippen LogP contribution in [0.25, 0.3) is 10.7 Å². The molecule has 1 atom stereocenters. The number of benzene rings is 1. The van der Waals surface area contributed by atoms with Crippen molar-refractivity contribution in [2.75, 3.05) is 5.75 Å². The highest BCUT2D eigenvalue weighted by atomic mass is 79.9. The number of aromatic nitrogens is 2. The zero-order valence-corrected chi connectivity index (χ0v) is 14.7. The van der Waals surface area contributed by atoms with E-state index in [0.717, 1.165) is 14.9 Å². The second-order valence-electron chi connectivity index (χ2n) is 4.58. The number of hydrogen-bond acceptors (Lipinski definition) is 6. The summed E-state index contributed by atoms with van der Waals surface area (Å²) in [5.41, 5.74) is 0.921. The lowest BCUT2D eigenvalue weighted by Crippen LogP contribution is -2.00. The highest BCUT2D eigenvalue weighted by molar-refractivity contribution is 9.10. The Labute approximate surface area is 144 Å². The summed E-state index contributed by atoms with van der Waals surface area (Å²) in [5.74, 6) is 2.36. The van der Waals surface area contributed by atoms with Crippen molar-refractivity contribution in [3.63, 3.8) is 0 Å². The van der Waals surface area contributed by atoms with E-state index in [1.807, 2.05) is 41.8 Å². The highest BCUT2D eigenvalue weighted by Crippen LogP contribution is 2.28. The van der Waals surface area contributed by atoms with Crippen LogP contribution >= 0.6 is 39.0 Å². The van der Waals surface area contributed by atoms with E-state index in [0.29, 0.717) is 23.2 Å². The zero-order valence-electron chi connectivity index (χ0n) is 11.5. The van der Waals surface area contributed by atoms with Crippen molar-refractivity contribution in [1.82, 2.24) is 10.1 Å². The molecule has 0 aliphatic heterocycles. The Morgan fingerprint density at radius 3 is 2.86 bits per heavy atom. The third kappa shape index (κ3) is 3.98. The van der Waals surface area contributed by atoms with Gasteiger partial charge >= 0.3 is 0 Å². The SMILES string of the molecule is OC(CSCc1nc(-c2cc(Br)cs2)no1)c1ccccc1. The minimum Gasteiger partial charge on any atom is -0.388 e. The smallest absolute Gasteiger partial charge is 0.236 e. The molecular weight excluding hydrogens is 384 g/mol. The van der Waals surface area contributed by atoms with Crippen molar-refractivity contribution in [3.8, 4) is 10.7 Å². The van der Waals surface area contributed by atoms with Gasteiger partial charge in [0.25, 0.3) is 0 Å². The standard InChI is InChI=1S/C15H13BrN2O2S2/c16-11-6-13(22-7-11)15-17-14(20-18-15)9-21-8-12(19)10-4-2-1-3-5-10/h1-7,12,19H,8-9H2. The zero-order chi connectivity index (χ0) is 15.4. The van der Waals surface area contributed by atoms with Gasteiger partial charge in [-0.25, -0.2) is 0 Å². The first-order valence-electron chi connectivity index (χ1n) is 6.60. The molecule has 3 aromatic rings. The second-order valence-corrected chi connectivity index (χ2v) is 7.44. The Morgan fingerprint density at radius 2 is 2.14 bits per heavy atom. The van der Waals surface area contributed by atoms with Crippen LogP contribution < -0.4 is 0 Å². The topological polar surface area (TPSA) is 59.2 Å². The summed E-state index contributed by atoms with van der Waals surface area (Å²) >= 11 is 6.54. The molecule has 0 fully saturated rings. The van der Waals surface area contributed by atoms with Crippen LogP contribution in [-0.2, 0) is 5.75 Å². The van der Waals surface area contributed by atoms with Gasteiger partial charge in [-0.2, -0.15) is 4.98 Å². The predicted molar refractivity (Wildman–Crippen MR) is 92.9 cm³/mol. The fraction of sp³-hybridized carbons (Fsp3) is 0.200. The van der Waals surface area contributed by atoms with E-state index < -0.39 is 6.10 Å². The molecule has 0 saturated heterocycles. The van der Waals surface area contributed by atoms with E-state index in [2.05, 4.69) is 26.1 Å². The molecule has 0 saturated carbocycles. The van der Waals surface area contributed by atoms with Crippen LogP contribution in [0.3, 0.4) is 0 Å². The van der Waals surface area contributed by atoms with Crippen molar-refractivity contribution in [3.05, 3.63) is 57.7 Å². The molecule has 114 valence electrons. The highest BCUT2D eigenvalue weighted by Gasteiger charge is 2.12. The Balaban J connectivity index is 1.53. The molecule has 0 amide bonds. The Morgan fingerprint density at radius 1 is 1.32 bits per heavy atom. The predicted octanol–water partition coefficient (Wildman–Crippen LogP) is 4.53. The maximum absolute atomic E-state index is 10.1. The monoisotopic (exact) mass is 396 g/mol. The summed E-state index contributed by atoms with van der Waals surface area (Å²) in [6.07, 6.45) is -0.484.